The van der Waals surface area contributed by atoms with Crippen molar-refractivity contribution in [3.8, 4) is 5.82 Å². The van der Waals surface area contributed by atoms with Crippen LogP contribution in [0.1, 0.15) is 42.0 Å². The number of hydrogen-bond acceptors (Lipinski definition) is 4. The molecule has 0 aromatic carbocycles. The van der Waals surface area contributed by atoms with E-state index in [0.29, 0.717) is 18.7 Å². The smallest absolute Gasteiger partial charge is 0.255 e. The predicted molar refractivity (Wildman–Crippen MR) is 108 cm³/mol. The topological polar surface area (TPSA) is 77.0 Å². The fourth-order valence-electron chi connectivity index (χ4n) is 3.23. The van der Waals surface area contributed by atoms with E-state index < -0.39 is 0 Å². The fourth-order valence-corrected chi connectivity index (χ4v) is 3.23. The summed E-state index contributed by atoms with van der Waals surface area (Å²) in [7, 11) is 0. The maximum absolute atomic E-state index is 12.7. The van der Waals surface area contributed by atoms with Gasteiger partial charge in [0.15, 0.2) is 5.82 Å². The van der Waals surface area contributed by atoms with E-state index in [1.807, 2.05) is 36.9 Å². The highest BCUT2D eigenvalue weighted by Gasteiger charge is 2.35. The van der Waals surface area contributed by atoms with Gasteiger partial charge in [-0.15, -0.1) is 24.8 Å². The maximum atomic E-state index is 12.7. The first kappa shape index (κ1) is 22.4. The van der Waals surface area contributed by atoms with Crippen LogP contribution in [0.3, 0.4) is 0 Å². The molecule has 8 heteroatoms. The third-order valence-corrected chi connectivity index (χ3v) is 4.82. The van der Waals surface area contributed by atoms with E-state index in [2.05, 4.69) is 23.9 Å². The number of aromatic nitrogens is 3. The maximum Gasteiger partial charge on any atom is 0.255 e. The Hall–Kier alpha value is -1.63. The number of nitrogens with two attached hydrogens (primary N) is 1. The van der Waals surface area contributed by atoms with Crippen molar-refractivity contribution in [2.24, 2.45) is 11.1 Å². The quantitative estimate of drug-likeness (QED) is 0.841. The van der Waals surface area contributed by atoms with E-state index in [0.717, 1.165) is 23.6 Å². The van der Waals surface area contributed by atoms with Gasteiger partial charge < -0.3 is 10.6 Å². The molecule has 1 aliphatic heterocycles. The standard InChI is InChI=1S/C18H25N5O.2ClH/c1-12-9-13(2)23(21-12)16-6-5-14(10-20-16)17(24)22-8-7-15(19)18(3,4)11-22;;/h5-6,9-10,15H,7-8,11,19H2,1-4H3;2*1H. The molecule has 0 spiro atoms. The average Bonchev–Trinajstić information content (AvgIpc) is 2.88. The molecule has 1 saturated heterocycles. The van der Waals surface area contributed by atoms with Gasteiger partial charge in [0.2, 0.25) is 0 Å². The third-order valence-electron chi connectivity index (χ3n) is 4.82. The monoisotopic (exact) mass is 399 g/mol. The Kier molecular flexibility index (Phi) is 7.22. The predicted octanol–water partition coefficient (Wildman–Crippen LogP) is 2.93. The zero-order valence-corrected chi connectivity index (χ0v) is 17.2. The second-order valence-corrected chi connectivity index (χ2v) is 7.35. The lowest BCUT2D eigenvalue weighted by atomic mass is 9.79. The highest BCUT2D eigenvalue weighted by molar-refractivity contribution is 5.94. The zero-order valence-electron chi connectivity index (χ0n) is 15.6. The molecular formula is C18H27Cl2N5O. The largest absolute Gasteiger partial charge is 0.338 e. The molecule has 0 saturated carbocycles. The van der Waals surface area contributed by atoms with Gasteiger partial charge >= 0.3 is 0 Å². The van der Waals surface area contributed by atoms with Crippen molar-refractivity contribution >= 4 is 30.7 Å². The summed E-state index contributed by atoms with van der Waals surface area (Å²) in [6.07, 6.45) is 2.46. The van der Waals surface area contributed by atoms with E-state index in [9.17, 15) is 4.79 Å². The van der Waals surface area contributed by atoms with Crippen LogP contribution in [0.15, 0.2) is 24.4 Å². The minimum absolute atomic E-state index is 0. The number of aryl methyl sites for hydroxylation is 2. The van der Waals surface area contributed by atoms with E-state index in [4.69, 9.17) is 5.73 Å². The van der Waals surface area contributed by atoms with Gasteiger partial charge in [-0.3, -0.25) is 4.79 Å². The number of nitrogens with zero attached hydrogens (tertiary/aromatic N) is 4. The Morgan fingerprint density at radius 1 is 1.27 bits per heavy atom. The Bertz CT molecular complexity index is 757. The molecular weight excluding hydrogens is 373 g/mol. The molecule has 0 radical (unpaired) electrons. The highest BCUT2D eigenvalue weighted by atomic mass is 35.5. The van der Waals surface area contributed by atoms with Crippen LogP contribution < -0.4 is 5.73 Å². The number of rotatable bonds is 2. The van der Waals surface area contributed by atoms with Gasteiger partial charge in [0.25, 0.3) is 5.91 Å². The van der Waals surface area contributed by atoms with Gasteiger partial charge in [0.05, 0.1) is 11.3 Å². The molecule has 0 aliphatic carbocycles. The van der Waals surface area contributed by atoms with E-state index >= 15 is 0 Å². The number of piperidine rings is 1. The van der Waals surface area contributed by atoms with Gasteiger partial charge in [-0.1, -0.05) is 13.8 Å². The van der Waals surface area contributed by atoms with Crippen LogP contribution in [0.4, 0.5) is 0 Å². The number of carbonyl (C=O) groups is 1. The Morgan fingerprint density at radius 3 is 2.46 bits per heavy atom. The SMILES string of the molecule is Cc1cc(C)n(-c2ccc(C(=O)N3CCC(N)C(C)(C)C3)cn2)n1.Cl.Cl. The van der Waals surface area contributed by atoms with Crippen molar-refractivity contribution in [3.63, 3.8) is 0 Å². The minimum atomic E-state index is -0.0645. The number of likely N-dealkylation sites (tertiary alicyclic amines) is 1. The van der Waals surface area contributed by atoms with Crippen molar-refractivity contribution in [1.29, 1.82) is 0 Å². The average molecular weight is 400 g/mol. The summed E-state index contributed by atoms with van der Waals surface area (Å²) in [6, 6.07) is 5.80. The van der Waals surface area contributed by atoms with Crippen LogP contribution in [0.5, 0.6) is 0 Å². The molecule has 3 heterocycles. The normalized spacial score (nSPS) is 18.7. The lowest BCUT2D eigenvalue weighted by Gasteiger charge is -2.42. The fraction of sp³-hybridized carbons (Fsp3) is 0.500. The summed E-state index contributed by atoms with van der Waals surface area (Å²) in [6.45, 7) is 9.53. The summed E-state index contributed by atoms with van der Waals surface area (Å²) in [5.41, 5.74) is 8.66. The Balaban J connectivity index is 0.00000169. The van der Waals surface area contributed by atoms with E-state index in [-0.39, 0.29) is 42.2 Å². The second-order valence-electron chi connectivity index (χ2n) is 7.35. The first-order valence-electron chi connectivity index (χ1n) is 8.32. The summed E-state index contributed by atoms with van der Waals surface area (Å²) >= 11 is 0. The highest BCUT2D eigenvalue weighted by Crippen LogP contribution is 2.28. The Morgan fingerprint density at radius 2 is 1.96 bits per heavy atom. The summed E-state index contributed by atoms with van der Waals surface area (Å²) in [5, 5.41) is 4.42. The lowest BCUT2D eigenvalue weighted by Crippen LogP contribution is -2.54. The van der Waals surface area contributed by atoms with Crippen molar-refractivity contribution in [2.45, 2.75) is 40.2 Å². The van der Waals surface area contributed by atoms with Gasteiger partial charge in [-0.25, -0.2) is 9.67 Å². The van der Waals surface area contributed by atoms with Crippen LogP contribution >= 0.6 is 24.8 Å². The number of amides is 1. The number of carbonyl (C=O) groups excluding carboxylic acids is 1. The van der Waals surface area contributed by atoms with Crippen LogP contribution in [0.25, 0.3) is 5.82 Å². The van der Waals surface area contributed by atoms with Gasteiger partial charge in [-0.2, -0.15) is 5.10 Å². The number of pyridine rings is 1. The first-order chi connectivity index (χ1) is 11.3. The van der Waals surface area contributed by atoms with Crippen LogP contribution in [0.2, 0.25) is 0 Å². The van der Waals surface area contributed by atoms with Crippen LogP contribution in [-0.2, 0) is 0 Å². The third kappa shape index (κ3) is 4.37. The van der Waals surface area contributed by atoms with Crippen LogP contribution in [-0.4, -0.2) is 44.7 Å². The van der Waals surface area contributed by atoms with Gasteiger partial charge in [0, 0.05) is 31.0 Å². The van der Waals surface area contributed by atoms with E-state index in [1.165, 1.54) is 0 Å². The molecule has 3 rings (SSSR count). The van der Waals surface area contributed by atoms with Gasteiger partial charge in [-0.05, 0) is 43.9 Å². The molecule has 1 amide bonds. The molecule has 6 nitrogen and oxygen atoms in total. The van der Waals surface area contributed by atoms with Crippen molar-refractivity contribution in [1.82, 2.24) is 19.7 Å². The summed E-state index contributed by atoms with van der Waals surface area (Å²) in [5.74, 6) is 0.737. The molecule has 144 valence electrons. The number of hydrogen-bond donors (Lipinski definition) is 1. The van der Waals surface area contributed by atoms with Crippen LogP contribution in [0, 0.1) is 19.3 Å². The van der Waals surface area contributed by atoms with Crippen molar-refractivity contribution in [3.05, 3.63) is 41.3 Å². The summed E-state index contributed by atoms with van der Waals surface area (Å²) in [4.78, 5) is 19.0. The Labute approximate surface area is 167 Å². The number of halogens is 2. The molecule has 2 aromatic heterocycles. The van der Waals surface area contributed by atoms with Gasteiger partial charge in [0.1, 0.15) is 0 Å². The molecule has 26 heavy (non-hydrogen) atoms. The summed E-state index contributed by atoms with van der Waals surface area (Å²) < 4.78 is 1.78. The zero-order chi connectivity index (χ0) is 17.5. The molecule has 1 fully saturated rings. The van der Waals surface area contributed by atoms with E-state index in [1.54, 1.807) is 10.9 Å². The second kappa shape index (κ2) is 8.37. The van der Waals surface area contributed by atoms with Crippen molar-refractivity contribution < 1.29 is 4.79 Å². The molecule has 1 unspecified atom stereocenters. The minimum Gasteiger partial charge on any atom is -0.338 e. The molecule has 2 aromatic rings. The molecule has 0 bridgehead atoms. The van der Waals surface area contributed by atoms with Crippen molar-refractivity contribution in [2.75, 3.05) is 13.1 Å². The molecule has 2 N–H and O–H groups in total. The molecule has 1 aliphatic rings. The lowest BCUT2D eigenvalue weighted by molar-refractivity contribution is 0.0532. The molecule has 1 atom stereocenters. The first-order valence-corrected chi connectivity index (χ1v) is 8.32.